The lowest BCUT2D eigenvalue weighted by atomic mass is 9.99. The van der Waals surface area contributed by atoms with Crippen LogP contribution in [0.4, 0.5) is 17.3 Å². The summed E-state index contributed by atoms with van der Waals surface area (Å²) in [5.74, 6) is 2.39. The molecule has 0 spiro atoms. The molecule has 6 nitrogen and oxygen atoms in total. The number of ether oxygens (including phenoxy) is 1. The zero-order chi connectivity index (χ0) is 14.7. The molecule has 3 heterocycles. The van der Waals surface area contributed by atoms with Gasteiger partial charge in [-0.1, -0.05) is 6.92 Å². The molecule has 0 saturated carbocycles. The molecule has 3 N–H and O–H groups in total. The maximum absolute atomic E-state index is 6.26. The van der Waals surface area contributed by atoms with Crippen molar-refractivity contribution in [3.05, 3.63) is 6.33 Å². The summed E-state index contributed by atoms with van der Waals surface area (Å²) in [7, 11) is 0. The highest BCUT2D eigenvalue weighted by Crippen LogP contribution is 2.29. The molecule has 2 aliphatic heterocycles. The molecule has 0 aliphatic carbocycles. The second-order valence-electron chi connectivity index (χ2n) is 6.15. The van der Waals surface area contributed by atoms with Gasteiger partial charge in [-0.2, -0.15) is 0 Å². The first-order valence-electron chi connectivity index (χ1n) is 7.95. The summed E-state index contributed by atoms with van der Waals surface area (Å²) in [6, 6.07) is 0. The van der Waals surface area contributed by atoms with Crippen molar-refractivity contribution < 1.29 is 4.74 Å². The Kier molecular flexibility index (Phi) is 4.43. The third-order valence-corrected chi connectivity index (χ3v) is 4.47. The summed E-state index contributed by atoms with van der Waals surface area (Å²) in [5, 5.41) is 3.32. The zero-order valence-corrected chi connectivity index (χ0v) is 12.7. The third-order valence-electron chi connectivity index (χ3n) is 4.47. The molecule has 21 heavy (non-hydrogen) atoms. The Balaban J connectivity index is 1.66. The molecule has 6 heteroatoms. The van der Waals surface area contributed by atoms with Gasteiger partial charge in [0.1, 0.15) is 12.0 Å². The lowest BCUT2D eigenvalue weighted by molar-refractivity contribution is 0.120. The van der Waals surface area contributed by atoms with Crippen LogP contribution in [0.1, 0.15) is 32.6 Å². The van der Waals surface area contributed by atoms with Crippen LogP contribution in [0, 0.1) is 5.92 Å². The van der Waals surface area contributed by atoms with Gasteiger partial charge < -0.3 is 20.7 Å². The lowest BCUT2D eigenvalue weighted by Gasteiger charge is -2.32. The highest BCUT2D eigenvalue weighted by atomic mass is 16.5. The van der Waals surface area contributed by atoms with Crippen LogP contribution in [0.3, 0.4) is 0 Å². The molecule has 0 aromatic carbocycles. The molecule has 0 amide bonds. The Hall–Kier alpha value is -1.56. The molecular formula is C15H25N5O. The van der Waals surface area contributed by atoms with Crippen molar-refractivity contribution in [2.45, 2.75) is 38.7 Å². The van der Waals surface area contributed by atoms with Crippen LogP contribution >= 0.6 is 0 Å². The summed E-state index contributed by atoms with van der Waals surface area (Å²) in [6.45, 7) is 5.97. The molecule has 1 aromatic heterocycles. The quantitative estimate of drug-likeness (QED) is 0.882. The maximum atomic E-state index is 6.26. The Morgan fingerprint density at radius 3 is 2.86 bits per heavy atom. The molecule has 1 aromatic rings. The van der Waals surface area contributed by atoms with Crippen molar-refractivity contribution in [3.8, 4) is 0 Å². The second kappa shape index (κ2) is 6.47. The molecule has 1 atom stereocenters. The first-order chi connectivity index (χ1) is 10.2. The number of nitrogens with two attached hydrogens (primary N) is 1. The molecule has 0 radical (unpaired) electrons. The summed E-state index contributed by atoms with van der Waals surface area (Å²) in [5.41, 5.74) is 6.92. The van der Waals surface area contributed by atoms with Gasteiger partial charge in [0.05, 0.1) is 6.10 Å². The Morgan fingerprint density at radius 2 is 2.14 bits per heavy atom. The Bertz CT molecular complexity index is 467. The van der Waals surface area contributed by atoms with Gasteiger partial charge in [-0.25, -0.2) is 9.97 Å². The van der Waals surface area contributed by atoms with Crippen LogP contribution < -0.4 is 16.0 Å². The summed E-state index contributed by atoms with van der Waals surface area (Å²) in [4.78, 5) is 10.9. The number of hydrogen-bond acceptors (Lipinski definition) is 6. The molecule has 116 valence electrons. The fraction of sp³-hybridized carbons (Fsp3) is 0.733. The number of rotatable bonds is 4. The van der Waals surface area contributed by atoms with Crippen LogP contribution in [0.15, 0.2) is 6.33 Å². The van der Waals surface area contributed by atoms with Gasteiger partial charge in [-0.15, -0.1) is 0 Å². The number of nitrogens with one attached hydrogen (secondary N) is 1. The molecule has 2 aliphatic rings. The number of piperidine rings is 1. The van der Waals surface area contributed by atoms with Crippen LogP contribution in [-0.4, -0.2) is 42.3 Å². The minimum absolute atomic E-state index is 0.277. The van der Waals surface area contributed by atoms with Crippen LogP contribution in [0.2, 0.25) is 0 Å². The van der Waals surface area contributed by atoms with E-state index in [1.807, 2.05) is 0 Å². The topological polar surface area (TPSA) is 76.3 Å². The second-order valence-corrected chi connectivity index (χ2v) is 6.15. The Labute approximate surface area is 126 Å². The minimum atomic E-state index is 0.277. The number of nitrogens with zero attached hydrogens (tertiary/aromatic N) is 3. The molecule has 3 rings (SSSR count). The van der Waals surface area contributed by atoms with Crippen LogP contribution in [0.5, 0.6) is 0 Å². The van der Waals surface area contributed by atoms with Gasteiger partial charge >= 0.3 is 0 Å². The van der Waals surface area contributed by atoms with Gasteiger partial charge in [0, 0.05) is 26.2 Å². The highest BCUT2D eigenvalue weighted by Gasteiger charge is 2.21. The van der Waals surface area contributed by atoms with Gasteiger partial charge in [-0.3, -0.25) is 0 Å². The summed E-state index contributed by atoms with van der Waals surface area (Å²) >= 11 is 0. The predicted molar refractivity (Wildman–Crippen MR) is 84.5 cm³/mol. The average molecular weight is 291 g/mol. The first kappa shape index (κ1) is 14.4. The van der Waals surface area contributed by atoms with E-state index in [4.69, 9.17) is 10.5 Å². The monoisotopic (exact) mass is 291 g/mol. The third kappa shape index (κ3) is 3.37. The highest BCUT2D eigenvalue weighted by molar-refractivity contribution is 5.74. The molecule has 2 saturated heterocycles. The summed E-state index contributed by atoms with van der Waals surface area (Å²) < 4.78 is 5.62. The van der Waals surface area contributed by atoms with E-state index in [9.17, 15) is 0 Å². The first-order valence-corrected chi connectivity index (χ1v) is 7.95. The van der Waals surface area contributed by atoms with Crippen molar-refractivity contribution in [2.75, 3.05) is 42.2 Å². The van der Waals surface area contributed by atoms with E-state index >= 15 is 0 Å². The van der Waals surface area contributed by atoms with E-state index in [1.165, 1.54) is 12.8 Å². The SMILES string of the molecule is CC1CCN(c2ncnc(NCC3CCCO3)c2N)CC1. The predicted octanol–water partition coefficient (Wildman–Crippen LogP) is 1.89. The van der Waals surface area contributed by atoms with Gasteiger partial charge in [-0.05, 0) is 31.6 Å². The van der Waals surface area contributed by atoms with Crippen molar-refractivity contribution in [2.24, 2.45) is 5.92 Å². The van der Waals surface area contributed by atoms with Crippen LogP contribution in [0.25, 0.3) is 0 Å². The smallest absolute Gasteiger partial charge is 0.157 e. The zero-order valence-electron chi connectivity index (χ0n) is 12.7. The fourth-order valence-corrected chi connectivity index (χ4v) is 3.02. The van der Waals surface area contributed by atoms with E-state index in [2.05, 4.69) is 27.1 Å². The molecular weight excluding hydrogens is 266 g/mol. The van der Waals surface area contributed by atoms with E-state index in [-0.39, 0.29) is 6.10 Å². The fourth-order valence-electron chi connectivity index (χ4n) is 3.02. The van der Waals surface area contributed by atoms with Crippen LogP contribution in [-0.2, 0) is 4.74 Å². The van der Waals surface area contributed by atoms with Crippen molar-refractivity contribution in [3.63, 3.8) is 0 Å². The molecule has 0 bridgehead atoms. The van der Waals surface area contributed by atoms with Gasteiger partial charge in [0.2, 0.25) is 0 Å². The van der Waals surface area contributed by atoms with Crippen molar-refractivity contribution in [1.82, 2.24) is 9.97 Å². The lowest BCUT2D eigenvalue weighted by Crippen LogP contribution is -2.34. The number of aromatic nitrogens is 2. The molecule has 2 fully saturated rings. The number of nitrogen functional groups attached to an aromatic ring is 1. The number of anilines is 3. The largest absolute Gasteiger partial charge is 0.393 e. The van der Waals surface area contributed by atoms with E-state index in [1.54, 1.807) is 6.33 Å². The van der Waals surface area contributed by atoms with E-state index in [0.717, 1.165) is 56.6 Å². The maximum Gasteiger partial charge on any atom is 0.157 e. The standard InChI is InChI=1S/C15H25N5O/c1-11-4-6-20(7-5-11)15-13(16)14(18-10-19-15)17-9-12-3-2-8-21-12/h10-12H,2-9,16H2,1H3,(H,17,18,19). The normalized spacial score (nSPS) is 23.5. The average Bonchev–Trinajstić information content (AvgIpc) is 3.01. The van der Waals surface area contributed by atoms with Crippen molar-refractivity contribution in [1.29, 1.82) is 0 Å². The van der Waals surface area contributed by atoms with Gasteiger partial charge in [0.25, 0.3) is 0 Å². The summed E-state index contributed by atoms with van der Waals surface area (Å²) in [6.07, 6.45) is 6.52. The number of hydrogen-bond donors (Lipinski definition) is 2. The van der Waals surface area contributed by atoms with Crippen molar-refractivity contribution >= 4 is 17.3 Å². The van der Waals surface area contributed by atoms with E-state index < -0.39 is 0 Å². The van der Waals surface area contributed by atoms with Gasteiger partial charge in [0.15, 0.2) is 11.6 Å². The minimum Gasteiger partial charge on any atom is -0.393 e. The Morgan fingerprint density at radius 1 is 1.33 bits per heavy atom. The van der Waals surface area contributed by atoms with E-state index in [0.29, 0.717) is 5.69 Å². The molecule has 1 unspecified atom stereocenters.